The van der Waals surface area contributed by atoms with Crippen LogP contribution in [0.5, 0.6) is 5.75 Å². The number of fused-ring (bicyclic) bond motifs is 5. The number of amides is 1. The zero-order valence-corrected chi connectivity index (χ0v) is 18.0. The summed E-state index contributed by atoms with van der Waals surface area (Å²) in [6.07, 6.45) is 5.42. The van der Waals surface area contributed by atoms with Crippen molar-refractivity contribution in [1.29, 1.82) is 0 Å². The average molecular weight is 400 g/mol. The predicted octanol–water partition coefficient (Wildman–Crippen LogP) is 3.99. The van der Waals surface area contributed by atoms with Gasteiger partial charge in [0.15, 0.2) is 0 Å². The molecular formula is C24H33NO4. The Hall–Kier alpha value is -2.04. The summed E-state index contributed by atoms with van der Waals surface area (Å²) in [5.41, 5.74) is 2.85. The summed E-state index contributed by atoms with van der Waals surface area (Å²) in [6.45, 7) is 5.64. The molecule has 0 unspecified atom stereocenters. The molecule has 3 aliphatic carbocycles. The molecule has 0 radical (unpaired) electrons. The molecule has 3 aliphatic rings. The van der Waals surface area contributed by atoms with E-state index in [9.17, 15) is 9.59 Å². The van der Waals surface area contributed by atoms with Crippen molar-refractivity contribution in [3.05, 3.63) is 29.3 Å². The lowest BCUT2D eigenvalue weighted by atomic mass is 9.55. The molecule has 4 rings (SSSR count). The Kier molecular flexibility index (Phi) is 5.34. The monoisotopic (exact) mass is 399 g/mol. The van der Waals surface area contributed by atoms with Gasteiger partial charge in [-0.15, -0.1) is 0 Å². The van der Waals surface area contributed by atoms with Crippen LogP contribution in [0.25, 0.3) is 0 Å². The van der Waals surface area contributed by atoms with Gasteiger partial charge in [-0.05, 0) is 78.5 Å². The molecule has 5 nitrogen and oxygen atoms in total. The van der Waals surface area contributed by atoms with Gasteiger partial charge < -0.3 is 14.8 Å². The number of rotatable bonds is 4. The standard InChI is InChI=1S/C24H33NO4/c1-5-22(27)25-23-21(29-14(2)26)13-20-19-8-6-15-12-16(28-4)7-9-17(15)18(19)10-11-24(20,23)3/h7,9,12,18-21,23H,5-6,8,10-11,13H2,1-4H3,(H,25,27)/t18-,19-,20+,21-,23+,24+/m1/s1. The lowest BCUT2D eigenvalue weighted by molar-refractivity contribution is -0.148. The second-order valence-corrected chi connectivity index (χ2v) is 9.31. The van der Waals surface area contributed by atoms with Crippen LogP contribution >= 0.6 is 0 Å². The maximum atomic E-state index is 12.3. The van der Waals surface area contributed by atoms with E-state index >= 15 is 0 Å². The quantitative estimate of drug-likeness (QED) is 0.778. The van der Waals surface area contributed by atoms with E-state index in [-0.39, 0.29) is 29.4 Å². The van der Waals surface area contributed by atoms with E-state index in [2.05, 4.69) is 30.4 Å². The normalized spacial score (nSPS) is 35.1. The van der Waals surface area contributed by atoms with Crippen molar-refractivity contribution in [2.45, 2.75) is 77.4 Å². The van der Waals surface area contributed by atoms with Gasteiger partial charge in [0.1, 0.15) is 11.9 Å². The van der Waals surface area contributed by atoms with Crippen molar-refractivity contribution < 1.29 is 19.1 Å². The van der Waals surface area contributed by atoms with Crippen LogP contribution in [0.15, 0.2) is 18.2 Å². The van der Waals surface area contributed by atoms with E-state index in [0.29, 0.717) is 24.2 Å². The second-order valence-electron chi connectivity index (χ2n) is 9.31. The minimum atomic E-state index is -0.259. The van der Waals surface area contributed by atoms with Gasteiger partial charge >= 0.3 is 5.97 Å². The summed E-state index contributed by atoms with van der Waals surface area (Å²) in [4.78, 5) is 24.0. The summed E-state index contributed by atoms with van der Waals surface area (Å²) in [7, 11) is 1.72. The third-order valence-corrected chi connectivity index (χ3v) is 7.89. The van der Waals surface area contributed by atoms with Crippen molar-refractivity contribution in [3.8, 4) is 5.75 Å². The van der Waals surface area contributed by atoms with Crippen LogP contribution in [0.4, 0.5) is 0 Å². The van der Waals surface area contributed by atoms with E-state index in [0.717, 1.165) is 37.9 Å². The molecule has 0 spiro atoms. The van der Waals surface area contributed by atoms with Crippen molar-refractivity contribution in [2.24, 2.45) is 17.3 Å². The number of carbonyl (C=O) groups is 2. The Balaban J connectivity index is 1.64. The number of nitrogens with one attached hydrogen (secondary N) is 1. The highest BCUT2D eigenvalue weighted by Gasteiger charge is 2.59. The van der Waals surface area contributed by atoms with Gasteiger partial charge in [0.25, 0.3) is 0 Å². The molecule has 1 aromatic rings. The molecule has 0 heterocycles. The Morgan fingerprint density at radius 1 is 1.28 bits per heavy atom. The van der Waals surface area contributed by atoms with E-state index in [1.807, 2.05) is 6.92 Å². The average Bonchev–Trinajstić information content (AvgIpc) is 2.98. The molecule has 0 saturated heterocycles. The summed E-state index contributed by atoms with van der Waals surface area (Å²) < 4.78 is 11.2. The van der Waals surface area contributed by atoms with Gasteiger partial charge in [-0.3, -0.25) is 9.59 Å². The molecule has 158 valence electrons. The van der Waals surface area contributed by atoms with Gasteiger partial charge in [-0.25, -0.2) is 0 Å². The maximum Gasteiger partial charge on any atom is 0.302 e. The highest BCUT2D eigenvalue weighted by molar-refractivity contribution is 5.76. The largest absolute Gasteiger partial charge is 0.497 e. The third-order valence-electron chi connectivity index (χ3n) is 7.89. The van der Waals surface area contributed by atoms with E-state index in [4.69, 9.17) is 9.47 Å². The number of carbonyl (C=O) groups excluding carboxylic acids is 2. The summed E-state index contributed by atoms with van der Waals surface area (Å²) in [5.74, 6) is 2.27. The van der Waals surface area contributed by atoms with Gasteiger partial charge in [0.2, 0.25) is 5.91 Å². The Labute approximate surface area is 173 Å². The lowest BCUT2D eigenvalue weighted by Gasteiger charge is -2.50. The van der Waals surface area contributed by atoms with Gasteiger partial charge in [-0.1, -0.05) is 19.9 Å². The van der Waals surface area contributed by atoms with Crippen LogP contribution in [0.3, 0.4) is 0 Å². The Morgan fingerprint density at radius 2 is 2.07 bits per heavy atom. The zero-order chi connectivity index (χ0) is 20.8. The molecule has 1 aromatic carbocycles. The first kappa shape index (κ1) is 20.2. The van der Waals surface area contributed by atoms with Crippen LogP contribution < -0.4 is 10.1 Å². The fraction of sp³-hybridized carbons (Fsp3) is 0.667. The summed E-state index contributed by atoms with van der Waals surface area (Å²) in [5, 5.41) is 3.22. The first-order valence-corrected chi connectivity index (χ1v) is 11.0. The first-order valence-electron chi connectivity index (χ1n) is 11.0. The smallest absolute Gasteiger partial charge is 0.302 e. The van der Waals surface area contributed by atoms with Gasteiger partial charge in [0.05, 0.1) is 13.2 Å². The molecule has 29 heavy (non-hydrogen) atoms. The van der Waals surface area contributed by atoms with Crippen molar-refractivity contribution >= 4 is 11.9 Å². The minimum absolute atomic E-state index is 0.0317. The van der Waals surface area contributed by atoms with Crippen molar-refractivity contribution in [1.82, 2.24) is 5.32 Å². The molecular weight excluding hydrogens is 366 g/mol. The molecule has 6 atom stereocenters. The van der Waals surface area contributed by atoms with E-state index in [1.165, 1.54) is 18.1 Å². The zero-order valence-electron chi connectivity index (χ0n) is 18.0. The minimum Gasteiger partial charge on any atom is -0.497 e. The van der Waals surface area contributed by atoms with Crippen LogP contribution in [0, 0.1) is 17.3 Å². The maximum absolute atomic E-state index is 12.3. The van der Waals surface area contributed by atoms with Crippen LogP contribution in [0.2, 0.25) is 0 Å². The number of aryl methyl sites for hydroxylation is 1. The summed E-state index contributed by atoms with van der Waals surface area (Å²) >= 11 is 0. The Morgan fingerprint density at radius 3 is 2.76 bits per heavy atom. The number of hydrogen-bond acceptors (Lipinski definition) is 4. The summed E-state index contributed by atoms with van der Waals surface area (Å²) in [6, 6.07) is 6.43. The SMILES string of the molecule is CCC(=O)N[C@H]1[C@H](OC(C)=O)C[C@H]2[C@@H]3CCc4cc(OC)ccc4[C@H]3CC[C@@]21C. The number of esters is 1. The fourth-order valence-corrected chi connectivity index (χ4v) is 6.54. The van der Waals surface area contributed by atoms with E-state index in [1.54, 1.807) is 7.11 Å². The van der Waals surface area contributed by atoms with Crippen molar-refractivity contribution in [3.63, 3.8) is 0 Å². The molecule has 2 fully saturated rings. The molecule has 1 N–H and O–H groups in total. The van der Waals surface area contributed by atoms with E-state index < -0.39 is 0 Å². The fourth-order valence-electron chi connectivity index (χ4n) is 6.54. The first-order chi connectivity index (χ1) is 13.9. The molecule has 0 bridgehead atoms. The van der Waals surface area contributed by atoms with Crippen LogP contribution in [0.1, 0.15) is 69.9 Å². The highest BCUT2D eigenvalue weighted by atomic mass is 16.5. The number of ether oxygens (including phenoxy) is 2. The second kappa shape index (κ2) is 7.66. The van der Waals surface area contributed by atoms with Crippen LogP contribution in [-0.4, -0.2) is 31.1 Å². The van der Waals surface area contributed by atoms with Crippen LogP contribution in [-0.2, 0) is 20.7 Å². The molecule has 2 saturated carbocycles. The van der Waals surface area contributed by atoms with Gasteiger partial charge in [-0.2, -0.15) is 0 Å². The van der Waals surface area contributed by atoms with Crippen molar-refractivity contribution in [2.75, 3.05) is 7.11 Å². The Bertz CT molecular complexity index is 806. The predicted molar refractivity (Wildman–Crippen MR) is 111 cm³/mol. The molecule has 0 aliphatic heterocycles. The highest BCUT2D eigenvalue weighted by Crippen LogP contribution is 2.61. The number of hydrogen-bond donors (Lipinski definition) is 1. The number of methoxy groups -OCH3 is 1. The third kappa shape index (κ3) is 3.43. The molecule has 0 aromatic heterocycles. The molecule has 5 heteroatoms. The number of benzene rings is 1. The molecule has 1 amide bonds. The topological polar surface area (TPSA) is 64.6 Å². The van der Waals surface area contributed by atoms with Gasteiger partial charge in [0, 0.05) is 13.3 Å². The lowest BCUT2D eigenvalue weighted by Crippen LogP contribution is -2.53.